The van der Waals surface area contributed by atoms with Gasteiger partial charge in [-0.3, -0.25) is 4.79 Å². The smallest absolute Gasteiger partial charge is 0.220 e. The van der Waals surface area contributed by atoms with Gasteiger partial charge in [0.1, 0.15) is 0 Å². The summed E-state index contributed by atoms with van der Waals surface area (Å²) in [6, 6.07) is 8.40. The van der Waals surface area contributed by atoms with Crippen molar-refractivity contribution in [2.45, 2.75) is 46.0 Å². The minimum atomic E-state index is 0.168. The normalized spacial score (nSPS) is 12.2. The first kappa shape index (κ1) is 17.2. The Morgan fingerprint density at radius 2 is 1.95 bits per heavy atom. The molecule has 1 amide bonds. The fourth-order valence-corrected chi connectivity index (χ4v) is 2.92. The number of carbonyl (C=O) groups excluding carboxylic acids is 1. The molecule has 0 heterocycles. The third-order valence-corrected chi connectivity index (χ3v) is 4.02. The van der Waals surface area contributed by atoms with Crippen LogP contribution in [0.1, 0.15) is 43.7 Å². The maximum absolute atomic E-state index is 11.9. The largest absolute Gasteiger partial charge is 0.356 e. The molecule has 0 aliphatic carbocycles. The molecule has 2 nitrogen and oxygen atoms in total. The quantitative estimate of drug-likeness (QED) is 0.669. The van der Waals surface area contributed by atoms with Gasteiger partial charge in [-0.25, -0.2) is 0 Å². The molecule has 0 radical (unpaired) electrons. The highest BCUT2D eigenvalue weighted by atomic mass is 79.9. The summed E-state index contributed by atoms with van der Waals surface area (Å²) in [6.07, 6.45) is 4.89. The van der Waals surface area contributed by atoms with E-state index in [1.165, 1.54) is 24.0 Å². The number of hydrogen-bond acceptors (Lipinski definition) is 1. The molecule has 1 aromatic carbocycles. The predicted molar refractivity (Wildman–Crippen MR) is 89.3 cm³/mol. The molecule has 0 aromatic heterocycles. The molecule has 0 saturated carbocycles. The van der Waals surface area contributed by atoms with Gasteiger partial charge in [0.05, 0.1) is 0 Å². The van der Waals surface area contributed by atoms with E-state index in [9.17, 15) is 4.79 Å². The van der Waals surface area contributed by atoms with Crippen molar-refractivity contribution in [2.24, 2.45) is 5.92 Å². The second-order valence-corrected chi connectivity index (χ2v) is 6.22. The van der Waals surface area contributed by atoms with E-state index in [1.54, 1.807) is 0 Å². The van der Waals surface area contributed by atoms with Gasteiger partial charge < -0.3 is 5.32 Å². The van der Waals surface area contributed by atoms with E-state index >= 15 is 0 Å². The summed E-state index contributed by atoms with van der Waals surface area (Å²) in [5.74, 6) is 0.768. The van der Waals surface area contributed by atoms with Crippen molar-refractivity contribution in [3.05, 3.63) is 35.4 Å². The molecule has 0 fully saturated rings. The monoisotopic (exact) mass is 339 g/mol. The molecule has 0 bridgehead atoms. The average molecular weight is 340 g/mol. The molecule has 1 unspecified atom stereocenters. The van der Waals surface area contributed by atoms with E-state index in [4.69, 9.17) is 0 Å². The number of nitrogens with one attached hydrogen (secondary N) is 1. The van der Waals surface area contributed by atoms with Gasteiger partial charge in [0.2, 0.25) is 5.91 Å². The maximum Gasteiger partial charge on any atom is 0.220 e. The Morgan fingerprint density at radius 1 is 1.25 bits per heavy atom. The van der Waals surface area contributed by atoms with Crippen LogP contribution >= 0.6 is 15.9 Å². The van der Waals surface area contributed by atoms with E-state index in [-0.39, 0.29) is 5.91 Å². The van der Waals surface area contributed by atoms with Crippen molar-refractivity contribution < 1.29 is 4.79 Å². The van der Waals surface area contributed by atoms with Gasteiger partial charge in [-0.2, -0.15) is 0 Å². The van der Waals surface area contributed by atoms with Crippen molar-refractivity contribution in [1.29, 1.82) is 0 Å². The molecule has 1 atom stereocenters. The lowest BCUT2D eigenvalue weighted by molar-refractivity contribution is -0.121. The Balaban J connectivity index is 2.27. The van der Waals surface area contributed by atoms with Crippen LogP contribution in [0.2, 0.25) is 0 Å². The Labute approximate surface area is 131 Å². The molecular formula is C17H26BrNO. The Morgan fingerprint density at radius 3 is 2.55 bits per heavy atom. The molecule has 0 aliphatic heterocycles. The van der Waals surface area contributed by atoms with E-state index in [2.05, 4.69) is 59.4 Å². The maximum atomic E-state index is 11.9. The third-order valence-electron chi connectivity index (χ3n) is 3.56. The van der Waals surface area contributed by atoms with Crippen LogP contribution in [0.5, 0.6) is 0 Å². The molecule has 112 valence electrons. The van der Waals surface area contributed by atoms with E-state index in [0.717, 1.165) is 24.7 Å². The van der Waals surface area contributed by atoms with Gasteiger partial charge in [-0.05, 0) is 37.7 Å². The molecule has 3 heteroatoms. The van der Waals surface area contributed by atoms with Crippen LogP contribution in [0.25, 0.3) is 0 Å². The van der Waals surface area contributed by atoms with Gasteiger partial charge in [0, 0.05) is 18.3 Å². The van der Waals surface area contributed by atoms with E-state index in [0.29, 0.717) is 12.3 Å². The standard InChI is InChI=1S/C17H26BrNO/c1-3-4-16(11-12-18)13-19-17(20)10-9-15-7-5-14(2)6-8-15/h5-8,16H,3-4,9-13H2,1-2H3,(H,19,20). The second kappa shape index (κ2) is 9.98. The van der Waals surface area contributed by atoms with Crippen molar-refractivity contribution in [1.82, 2.24) is 5.32 Å². The Kier molecular flexibility index (Phi) is 8.59. The molecule has 20 heavy (non-hydrogen) atoms. The highest BCUT2D eigenvalue weighted by Gasteiger charge is 2.09. The highest BCUT2D eigenvalue weighted by molar-refractivity contribution is 9.09. The average Bonchev–Trinajstić information content (AvgIpc) is 2.44. The van der Waals surface area contributed by atoms with Crippen molar-refractivity contribution in [3.63, 3.8) is 0 Å². The molecule has 1 N–H and O–H groups in total. The molecule has 0 aliphatic rings. The summed E-state index contributed by atoms with van der Waals surface area (Å²) in [5, 5.41) is 4.09. The lowest BCUT2D eigenvalue weighted by Gasteiger charge is -2.15. The van der Waals surface area contributed by atoms with Crippen molar-refractivity contribution >= 4 is 21.8 Å². The first-order valence-electron chi connectivity index (χ1n) is 7.54. The number of alkyl halides is 1. The van der Waals surface area contributed by atoms with Gasteiger partial charge >= 0.3 is 0 Å². The highest BCUT2D eigenvalue weighted by Crippen LogP contribution is 2.12. The van der Waals surface area contributed by atoms with Gasteiger partial charge in [-0.15, -0.1) is 0 Å². The van der Waals surface area contributed by atoms with Crippen LogP contribution in [-0.4, -0.2) is 17.8 Å². The molecular weight excluding hydrogens is 314 g/mol. The summed E-state index contributed by atoms with van der Waals surface area (Å²) in [5.41, 5.74) is 2.49. The summed E-state index contributed by atoms with van der Waals surface area (Å²) >= 11 is 3.48. The number of amides is 1. The van der Waals surface area contributed by atoms with Crippen LogP contribution in [0.15, 0.2) is 24.3 Å². The van der Waals surface area contributed by atoms with Gasteiger partial charge in [0.15, 0.2) is 0 Å². The minimum absolute atomic E-state index is 0.168. The van der Waals surface area contributed by atoms with Crippen LogP contribution < -0.4 is 5.32 Å². The number of carbonyl (C=O) groups is 1. The first-order chi connectivity index (χ1) is 9.65. The number of benzene rings is 1. The fraction of sp³-hybridized carbons (Fsp3) is 0.588. The molecule has 1 rings (SSSR count). The summed E-state index contributed by atoms with van der Waals surface area (Å²) in [7, 11) is 0. The molecule has 0 saturated heterocycles. The topological polar surface area (TPSA) is 29.1 Å². The van der Waals surface area contributed by atoms with Crippen LogP contribution in [0.4, 0.5) is 0 Å². The second-order valence-electron chi connectivity index (χ2n) is 5.42. The van der Waals surface area contributed by atoms with Crippen LogP contribution in [0, 0.1) is 12.8 Å². The van der Waals surface area contributed by atoms with Gasteiger partial charge in [-0.1, -0.05) is 59.1 Å². The molecule has 0 spiro atoms. The minimum Gasteiger partial charge on any atom is -0.356 e. The number of hydrogen-bond donors (Lipinski definition) is 1. The van der Waals surface area contributed by atoms with E-state index in [1.807, 2.05) is 0 Å². The summed E-state index contributed by atoms with van der Waals surface area (Å²) < 4.78 is 0. The zero-order valence-electron chi connectivity index (χ0n) is 12.6. The van der Waals surface area contributed by atoms with E-state index < -0.39 is 0 Å². The van der Waals surface area contributed by atoms with Crippen molar-refractivity contribution in [2.75, 3.05) is 11.9 Å². The molecule has 1 aromatic rings. The third kappa shape index (κ3) is 7.09. The summed E-state index contributed by atoms with van der Waals surface area (Å²) in [4.78, 5) is 11.9. The number of rotatable bonds is 9. The van der Waals surface area contributed by atoms with Crippen LogP contribution in [0.3, 0.4) is 0 Å². The predicted octanol–water partition coefficient (Wildman–Crippen LogP) is 4.25. The lowest BCUT2D eigenvalue weighted by atomic mass is 10.0. The zero-order valence-corrected chi connectivity index (χ0v) is 14.2. The number of aryl methyl sites for hydroxylation is 2. The SMILES string of the molecule is CCCC(CCBr)CNC(=O)CCc1ccc(C)cc1. The first-order valence-corrected chi connectivity index (χ1v) is 8.66. The number of halogens is 1. The Bertz CT molecular complexity index is 382. The summed E-state index contributed by atoms with van der Waals surface area (Å²) in [6.45, 7) is 5.08. The Hall–Kier alpha value is -0.830. The van der Waals surface area contributed by atoms with Crippen molar-refractivity contribution in [3.8, 4) is 0 Å². The lowest BCUT2D eigenvalue weighted by Crippen LogP contribution is -2.29. The zero-order chi connectivity index (χ0) is 14.8. The fourth-order valence-electron chi connectivity index (χ4n) is 2.27. The van der Waals surface area contributed by atoms with Crippen LogP contribution in [-0.2, 0) is 11.2 Å². The van der Waals surface area contributed by atoms with Gasteiger partial charge in [0.25, 0.3) is 0 Å².